The van der Waals surface area contributed by atoms with E-state index in [0.717, 1.165) is 6.42 Å². The Balaban J connectivity index is 2.96. The number of carbonyl (C=O) groups excluding carboxylic acids is 1. The summed E-state index contributed by atoms with van der Waals surface area (Å²) in [6.45, 7) is 8.39. The fourth-order valence-corrected chi connectivity index (χ4v) is 2.45. The van der Waals surface area contributed by atoms with Gasteiger partial charge in [0, 0.05) is 6.92 Å². The zero-order valence-corrected chi connectivity index (χ0v) is 8.52. The molecule has 0 amide bonds. The standard InChI is InChI=1S/C11H18O/c1-8-6-5-7-11(3,4)10(8)9(2)12/h6,10H,5,7H2,1-4H3/p+1. The molecule has 1 rings (SSSR count). The van der Waals surface area contributed by atoms with Crippen molar-refractivity contribution in [2.24, 2.45) is 11.3 Å². The average Bonchev–Trinajstić information content (AvgIpc) is 1.82. The van der Waals surface area contributed by atoms with E-state index < -0.39 is 0 Å². The molecule has 0 aliphatic heterocycles. The quantitative estimate of drug-likeness (QED) is 0.423. The lowest BCUT2D eigenvalue weighted by Gasteiger charge is -2.34. The molecular weight excluding hydrogens is 148 g/mol. The SMILES string of the molecule is CC(=[OH+])C1C(C)=CCCC1(C)C. The number of hydrogen-bond donors (Lipinski definition) is 0. The summed E-state index contributed by atoms with van der Waals surface area (Å²) in [7, 11) is 0. The number of hydrogen-bond acceptors (Lipinski definition) is 0. The topological polar surface area (TPSA) is 21.4 Å². The Hall–Kier alpha value is -0.590. The molecule has 0 fully saturated rings. The maximum atomic E-state index is 9.56. The minimum atomic E-state index is 0.234. The van der Waals surface area contributed by atoms with E-state index in [1.807, 2.05) is 6.92 Å². The van der Waals surface area contributed by atoms with Crippen molar-refractivity contribution >= 4 is 5.78 Å². The van der Waals surface area contributed by atoms with E-state index in [1.165, 1.54) is 12.0 Å². The van der Waals surface area contributed by atoms with E-state index in [1.54, 1.807) is 0 Å². The maximum absolute atomic E-state index is 9.56. The molecule has 0 radical (unpaired) electrons. The highest BCUT2D eigenvalue weighted by molar-refractivity contribution is 5.83. The summed E-state index contributed by atoms with van der Waals surface area (Å²) in [6, 6.07) is 0. The Bertz CT molecular complexity index is 223. The molecule has 1 unspecified atom stereocenters. The van der Waals surface area contributed by atoms with E-state index >= 15 is 0 Å². The van der Waals surface area contributed by atoms with Gasteiger partial charge in [-0.05, 0) is 25.2 Å². The van der Waals surface area contributed by atoms with E-state index in [-0.39, 0.29) is 11.3 Å². The van der Waals surface area contributed by atoms with Crippen molar-refractivity contribution in [2.45, 2.75) is 40.5 Å². The molecule has 0 aromatic carbocycles. The van der Waals surface area contributed by atoms with E-state index in [0.29, 0.717) is 5.78 Å². The Morgan fingerprint density at radius 1 is 1.58 bits per heavy atom. The molecular formula is C11H19O+. The average molecular weight is 167 g/mol. The van der Waals surface area contributed by atoms with Crippen molar-refractivity contribution in [1.29, 1.82) is 0 Å². The Morgan fingerprint density at radius 3 is 2.50 bits per heavy atom. The lowest BCUT2D eigenvalue weighted by atomic mass is 9.67. The second kappa shape index (κ2) is 3.04. The highest BCUT2D eigenvalue weighted by atomic mass is 16.1. The van der Waals surface area contributed by atoms with Crippen LogP contribution < -0.4 is 0 Å². The summed E-state index contributed by atoms with van der Waals surface area (Å²) in [5, 5.41) is 0. The third-order valence-corrected chi connectivity index (χ3v) is 2.91. The largest absolute Gasteiger partial charge is 0.297 e. The minimum absolute atomic E-state index is 0.234. The van der Waals surface area contributed by atoms with Crippen molar-refractivity contribution in [3.8, 4) is 0 Å². The van der Waals surface area contributed by atoms with Gasteiger partial charge in [-0.3, -0.25) is 4.79 Å². The minimum Gasteiger partial charge on any atom is -0.283 e. The van der Waals surface area contributed by atoms with Crippen LogP contribution in [0.2, 0.25) is 0 Å². The molecule has 1 nitrogen and oxygen atoms in total. The summed E-state index contributed by atoms with van der Waals surface area (Å²) >= 11 is 0. The van der Waals surface area contributed by atoms with Crippen molar-refractivity contribution in [2.75, 3.05) is 0 Å². The lowest BCUT2D eigenvalue weighted by Crippen LogP contribution is -2.33. The first-order valence-corrected chi connectivity index (χ1v) is 4.64. The second-order valence-corrected chi connectivity index (χ2v) is 4.55. The van der Waals surface area contributed by atoms with Gasteiger partial charge in [-0.1, -0.05) is 25.5 Å². The second-order valence-electron chi connectivity index (χ2n) is 4.55. The van der Waals surface area contributed by atoms with Crippen molar-refractivity contribution in [1.82, 2.24) is 0 Å². The third kappa shape index (κ3) is 1.60. The zero-order valence-electron chi connectivity index (χ0n) is 8.52. The predicted molar refractivity (Wildman–Crippen MR) is 52.9 cm³/mol. The molecule has 0 aromatic rings. The van der Waals surface area contributed by atoms with Crippen LogP contribution in [-0.4, -0.2) is 10.6 Å². The van der Waals surface area contributed by atoms with Crippen molar-refractivity contribution < 1.29 is 4.79 Å². The molecule has 0 saturated carbocycles. The Labute approximate surface area is 74.9 Å². The van der Waals surface area contributed by atoms with Gasteiger partial charge in [-0.2, -0.15) is 0 Å². The number of allylic oxidation sites excluding steroid dienone is 2. The van der Waals surface area contributed by atoms with Gasteiger partial charge in [0.2, 0.25) is 0 Å². The first-order chi connectivity index (χ1) is 5.45. The highest BCUT2D eigenvalue weighted by Crippen LogP contribution is 2.40. The molecule has 1 aliphatic carbocycles. The van der Waals surface area contributed by atoms with Gasteiger partial charge in [0.15, 0.2) is 0 Å². The smallest absolute Gasteiger partial charge is 0.283 e. The molecule has 0 aromatic heterocycles. The monoisotopic (exact) mass is 167 g/mol. The van der Waals surface area contributed by atoms with Gasteiger partial charge in [0.1, 0.15) is 0 Å². The van der Waals surface area contributed by atoms with Gasteiger partial charge < -0.3 is 0 Å². The van der Waals surface area contributed by atoms with Crippen LogP contribution in [0.15, 0.2) is 11.6 Å². The predicted octanol–water partition coefficient (Wildman–Crippen LogP) is 2.93. The van der Waals surface area contributed by atoms with Gasteiger partial charge in [0.25, 0.3) is 5.78 Å². The zero-order chi connectivity index (χ0) is 9.35. The Kier molecular flexibility index (Phi) is 2.41. The summed E-state index contributed by atoms with van der Waals surface area (Å²) in [5.41, 5.74) is 1.56. The van der Waals surface area contributed by atoms with Crippen LogP contribution in [0.1, 0.15) is 40.5 Å². The first kappa shape index (κ1) is 9.50. The van der Waals surface area contributed by atoms with Crippen LogP contribution in [-0.2, 0) is 0 Å². The lowest BCUT2D eigenvalue weighted by molar-refractivity contribution is 0.262. The molecule has 1 heteroatoms. The summed E-state index contributed by atoms with van der Waals surface area (Å²) in [5.74, 6) is 0.833. The van der Waals surface area contributed by atoms with Gasteiger partial charge >= 0.3 is 0 Å². The molecule has 1 atom stereocenters. The van der Waals surface area contributed by atoms with Crippen LogP contribution in [0.3, 0.4) is 0 Å². The number of rotatable bonds is 1. The van der Waals surface area contributed by atoms with E-state index in [4.69, 9.17) is 0 Å². The Morgan fingerprint density at radius 2 is 2.17 bits per heavy atom. The highest BCUT2D eigenvalue weighted by Gasteiger charge is 2.38. The van der Waals surface area contributed by atoms with Gasteiger partial charge in [-0.25, -0.2) is 0 Å². The van der Waals surface area contributed by atoms with Crippen LogP contribution in [0, 0.1) is 11.3 Å². The van der Waals surface area contributed by atoms with Crippen LogP contribution >= 0.6 is 0 Å². The van der Waals surface area contributed by atoms with E-state index in [9.17, 15) is 4.79 Å². The fraction of sp³-hybridized carbons (Fsp3) is 0.727. The molecule has 1 N–H and O–H groups in total. The molecule has 0 spiro atoms. The van der Waals surface area contributed by atoms with E-state index in [2.05, 4.69) is 26.8 Å². The van der Waals surface area contributed by atoms with Crippen molar-refractivity contribution in [3.63, 3.8) is 0 Å². The molecule has 68 valence electrons. The normalized spacial score (nSPS) is 28.0. The molecule has 0 heterocycles. The number of ketones is 1. The molecule has 1 aliphatic rings. The molecule has 0 bridgehead atoms. The summed E-state index contributed by atoms with van der Waals surface area (Å²) in [6.07, 6.45) is 4.57. The van der Waals surface area contributed by atoms with Crippen LogP contribution in [0.25, 0.3) is 0 Å². The summed E-state index contributed by atoms with van der Waals surface area (Å²) < 4.78 is 0. The molecule has 0 saturated heterocycles. The fourth-order valence-electron chi connectivity index (χ4n) is 2.45. The van der Waals surface area contributed by atoms with Crippen LogP contribution in [0.4, 0.5) is 0 Å². The maximum Gasteiger partial charge on any atom is 0.297 e. The molecule has 12 heavy (non-hydrogen) atoms. The van der Waals surface area contributed by atoms with Gasteiger partial charge in [-0.15, -0.1) is 0 Å². The van der Waals surface area contributed by atoms with Gasteiger partial charge in [0.05, 0.1) is 5.92 Å². The van der Waals surface area contributed by atoms with Crippen LogP contribution in [0.5, 0.6) is 0 Å². The van der Waals surface area contributed by atoms with Crippen molar-refractivity contribution in [3.05, 3.63) is 11.6 Å². The third-order valence-electron chi connectivity index (χ3n) is 2.91. The first-order valence-electron chi connectivity index (χ1n) is 4.64. The summed E-state index contributed by atoms with van der Waals surface area (Å²) in [4.78, 5) is 9.56.